The Morgan fingerprint density at radius 2 is 2.09 bits per heavy atom. The number of methoxy groups -OCH3 is 2. The van der Waals surface area contributed by atoms with Gasteiger partial charge in [-0.1, -0.05) is 17.5 Å². The molecule has 0 radical (unpaired) electrons. The minimum Gasteiger partial charge on any atom is -0.504 e. The van der Waals surface area contributed by atoms with Crippen LogP contribution < -0.4 is 0 Å². The zero-order valence-electron chi connectivity index (χ0n) is 13.6. The molecule has 0 unspecified atom stereocenters. The van der Waals surface area contributed by atoms with E-state index in [1.165, 1.54) is 44.4 Å². The molecule has 0 aromatic rings. The lowest BCUT2D eigenvalue weighted by atomic mass is 10.2. The highest BCUT2D eigenvalue weighted by molar-refractivity contribution is 8.14. The molecule has 0 saturated heterocycles. The lowest BCUT2D eigenvalue weighted by Gasteiger charge is -2.07. The number of aldehydes is 1. The summed E-state index contributed by atoms with van der Waals surface area (Å²) in [6, 6.07) is 0.00981. The fourth-order valence-electron chi connectivity index (χ4n) is 1.24. The van der Waals surface area contributed by atoms with E-state index in [9.17, 15) is 9.18 Å². The number of carbonyl (C=O) groups is 1. The highest BCUT2D eigenvalue weighted by Gasteiger charge is 2.09. The van der Waals surface area contributed by atoms with Crippen molar-refractivity contribution in [3.8, 4) is 0 Å². The summed E-state index contributed by atoms with van der Waals surface area (Å²) in [5.74, 6) is 0.0705. The van der Waals surface area contributed by atoms with Gasteiger partial charge in [-0.2, -0.15) is 0 Å². The average Bonchev–Trinajstić information content (AvgIpc) is 2.50. The van der Waals surface area contributed by atoms with Gasteiger partial charge in [-0.05, 0) is 20.8 Å². The van der Waals surface area contributed by atoms with Gasteiger partial charge in [-0.15, -0.1) is 0 Å². The third kappa shape index (κ3) is 8.49. The number of aliphatic imine (C=N–C) groups is 1. The predicted molar refractivity (Wildman–Crippen MR) is 89.7 cm³/mol. The van der Waals surface area contributed by atoms with E-state index in [0.717, 1.165) is 6.29 Å². The molecule has 0 aliphatic carbocycles. The van der Waals surface area contributed by atoms with Crippen LogP contribution in [0.5, 0.6) is 0 Å². The molecule has 6 heteroatoms. The van der Waals surface area contributed by atoms with E-state index >= 15 is 0 Å². The van der Waals surface area contributed by atoms with Gasteiger partial charge in [0.05, 0.1) is 31.3 Å². The number of hydrogen-bond acceptors (Lipinski definition) is 5. The van der Waals surface area contributed by atoms with Gasteiger partial charge in [-0.25, -0.2) is 4.39 Å². The molecule has 0 atom stereocenters. The molecule has 0 amide bonds. The molecule has 4 nitrogen and oxygen atoms in total. The second kappa shape index (κ2) is 11.8. The minimum atomic E-state index is -0.488. The van der Waals surface area contributed by atoms with Crippen molar-refractivity contribution in [3.63, 3.8) is 0 Å². The van der Waals surface area contributed by atoms with Crippen LogP contribution in [-0.2, 0) is 14.3 Å². The van der Waals surface area contributed by atoms with Crippen LogP contribution in [0.2, 0.25) is 0 Å². The average molecular weight is 327 g/mol. The third-order valence-corrected chi connectivity index (χ3v) is 3.25. The van der Waals surface area contributed by atoms with Crippen LogP contribution in [0.4, 0.5) is 4.39 Å². The summed E-state index contributed by atoms with van der Waals surface area (Å²) >= 11 is 1.20. The van der Waals surface area contributed by atoms with Crippen LogP contribution in [0.1, 0.15) is 20.8 Å². The number of rotatable bonds is 8. The summed E-state index contributed by atoms with van der Waals surface area (Å²) in [4.78, 5) is 14.8. The first-order chi connectivity index (χ1) is 10.5. The number of halogens is 1. The maximum absolute atomic E-state index is 14.2. The molecule has 0 N–H and O–H groups in total. The SMILES string of the molecule is CO/C=C/C(=C=C/C(F)=C(\C)C(=NC(C)C)SCC=O)OC. The van der Waals surface area contributed by atoms with Crippen LogP contribution in [-0.4, -0.2) is 37.3 Å². The molecule has 0 spiro atoms. The van der Waals surface area contributed by atoms with Gasteiger partial charge in [0, 0.05) is 23.8 Å². The molecule has 0 heterocycles. The van der Waals surface area contributed by atoms with Gasteiger partial charge in [0.1, 0.15) is 12.1 Å². The topological polar surface area (TPSA) is 47.9 Å². The first kappa shape index (κ1) is 20.2. The fourth-order valence-corrected chi connectivity index (χ4v) is 2.06. The Morgan fingerprint density at radius 1 is 1.41 bits per heavy atom. The summed E-state index contributed by atoms with van der Waals surface area (Å²) in [6.45, 7) is 5.39. The van der Waals surface area contributed by atoms with Gasteiger partial charge < -0.3 is 14.3 Å². The minimum absolute atomic E-state index is 0.00981. The van der Waals surface area contributed by atoms with E-state index < -0.39 is 5.83 Å². The van der Waals surface area contributed by atoms with E-state index in [2.05, 4.69) is 10.7 Å². The van der Waals surface area contributed by atoms with Crippen molar-refractivity contribution >= 4 is 23.1 Å². The Bertz CT molecular complexity index is 515. The quantitative estimate of drug-likeness (QED) is 0.170. The van der Waals surface area contributed by atoms with Gasteiger partial charge in [0.25, 0.3) is 0 Å². The van der Waals surface area contributed by atoms with E-state index in [1.807, 2.05) is 13.8 Å². The van der Waals surface area contributed by atoms with E-state index in [-0.39, 0.29) is 11.8 Å². The molecular weight excluding hydrogens is 305 g/mol. The first-order valence-corrected chi connectivity index (χ1v) is 7.65. The number of ether oxygens (including phenoxy) is 2. The largest absolute Gasteiger partial charge is 0.504 e. The molecule has 0 aliphatic rings. The summed E-state index contributed by atoms with van der Waals surface area (Å²) in [5.41, 5.74) is 3.05. The van der Waals surface area contributed by atoms with E-state index in [1.54, 1.807) is 6.92 Å². The van der Waals surface area contributed by atoms with Gasteiger partial charge in [0.15, 0.2) is 5.76 Å². The molecule has 122 valence electrons. The smallest absolute Gasteiger partial charge is 0.164 e. The van der Waals surface area contributed by atoms with Crippen molar-refractivity contribution < 1.29 is 18.7 Å². The van der Waals surface area contributed by atoms with E-state index in [4.69, 9.17) is 9.47 Å². The van der Waals surface area contributed by atoms with Crippen LogP contribution in [0.15, 0.2) is 46.3 Å². The standard InChI is InChI=1S/C16H22FNO3S/c1-12(2)18-16(22-11-9-19)13(3)15(17)7-6-14(21-5)8-10-20-4/h7-10,12H,11H2,1-5H3/b10-8+,15-13-,18-16?. The Morgan fingerprint density at radius 3 is 2.59 bits per heavy atom. The zero-order chi connectivity index (χ0) is 17.0. The molecule has 0 rings (SSSR count). The van der Waals surface area contributed by atoms with Gasteiger partial charge in [0.2, 0.25) is 0 Å². The highest BCUT2D eigenvalue weighted by atomic mass is 32.2. The van der Waals surface area contributed by atoms with Crippen molar-refractivity contribution in [1.82, 2.24) is 0 Å². The van der Waals surface area contributed by atoms with Crippen LogP contribution >= 0.6 is 11.8 Å². The van der Waals surface area contributed by atoms with Crippen molar-refractivity contribution in [2.45, 2.75) is 26.8 Å². The Labute approximate surface area is 135 Å². The second-order valence-electron chi connectivity index (χ2n) is 4.37. The molecule has 0 bridgehead atoms. The number of allylic oxidation sites excluding steroid dienone is 2. The molecule has 22 heavy (non-hydrogen) atoms. The molecule has 0 aromatic heterocycles. The highest BCUT2D eigenvalue weighted by Crippen LogP contribution is 2.18. The zero-order valence-corrected chi connectivity index (χ0v) is 14.4. The second-order valence-corrected chi connectivity index (χ2v) is 5.38. The van der Waals surface area contributed by atoms with Crippen molar-refractivity contribution in [2.75, 3.05) is 20.0 Å². The van der Waals surface area contributed by atoms with Crippen LogP contribution in [0.25, 0.3) is 0 Å². The Balaban J connectivity index is 5.49. The molecule has 0 fully saturated rings. The number of carbonyl (C=O) groups excluding carboxylic acids is 1. The lowest BCUT2D eigenvalue weighted by molar-refractivity contribution is -0.105. The number of nitrogens with zero attached hydrogens (tertiary/aromatic N) is 1. The summed E-state index contributed by atoms with van der Waals surface area (Å²) < 4.78 is 24.0. The number of thioether (sulfide) groups is 1. The normalized spacial score (nSPS) is 12.8. The van der Waals surface area contributed by atoms with Crippen molar-refractivity contribution in [1.29, 1.82) is 0 Å². The Hall–Kier alpha value is -1.78. The molecule has 0 saturated carbocycles. The number of hydrogen-bond donors (Lipinski definition) is 0. The van der Waals surface area contributed by atoms with Crippen LogP contribution in [0.3, 0.4) is 0 Å². The maximum Gasteiger partial charge on any atom is 0.164 e. The van der Waals surface area contributed by atoms with E-state index in [0.29, 0.717) is 16.4 Å². The maximum atomic E-state index is 14.2. The monoisotopic (exact) mass is 327 g/mol. The predicted octanol–water partition coefficient (Wildman–Crippen LogP) is 3.81. The summed E-state index contributed by atoms with van der Waals surface area (Å²) in [7, 11) is 2.95. The fraction of sp³-hybridized carbons (Fsp3) is 0.438. The third-order valence-electron chi connectivity index (χ3n) is 2.26. The lowest BCUT2D eigenvalue weighted by Crippen LogP contribution is -2.03. The summed E-state index contributed by atoms with van der Waals surface area (Å²) in [6.07, 6.45) is 4.86. The van der Waals surface area contributed by atoms with Gasteiger partial charge >= 0.3 is 0 Å². The first-order valence-electron chi connectivity index (χ1n) is 6.67. The van der Waals surface area contributed by atoms with Crippen LogP contribution in [0, 0.1) is 0 Å². The molecule has 0 aliphatic heterocycles. The van der Waals surface area contributed by atoms with Crippen molar-refractivity contribution in [3.05, 3.63) is 41.3 Å². The van der Waals surface area contributed by atoms with Crippen molar-refractivity contribution in [2.24, 2.45) is 4.99 Å². The molecule has 0 aromatic carbocycles. The summed E-state index contributed by atoms with van der Waals surface area (Å²) in [5, 5.41) is 0.504. The molecular formula is C16H22FNO3S. The van der Waals surface area contributed by atoms with Gasteiger partial charge in [-0.3, -0.25) is 4.99 Å². The Kier molecular flexibility index (Phi) is 10.9.